The number of benzene rings is 1. The normalized spacial score (nSPS) is 24.0. The van der Waals surface area contributed by atoms with E-state index in [-0.39, 0.29) is 30.5 Å². The number of hydrogen-bond donors (Lipinski definition) is 2. The highest BCUT2D eigenvalue weighted by Crippen LogP contribution is 2.31. The van der Waals surface area contributed by atoms with Crippen molar-refractivity contribution in [3.05, 3.63) is 29.3 Å². The number of carbonyl (C=O) groups excluding carboxylic acids is 1. The van der Waals surface area contributed by atoms with E-state index >= 15 is 0 Å². The monoisotopic (exact) mass is 310 g/mol. The number of hydrogen-bond acceptors (Lipinski definition) is 3. The zero-order valence-electron chi connectivity index (χ0n) is 12.1. The van der Waals surface area contributed by atoms with Crippen LogP contribution in [-0.4, -0.2) is 18.6 Å². The number of nitrogens with one attached hydrogen (secondary N) is 1. The topological polar surface area (TPSA) is 64.3 Å². The molecule has 4 nitrogen and oxygen atoms in total. The number of ether oxygens (including phenoxy) is 1. The Morgan fingerprint density at radius 1 is 1.33 bits per heavy atom. The first-order chi connectivity index (χ1) is 9.72. The average Bonchev–Trinajstić information content (AvgIpc) is 2.91. The van der Waals surface area contributed by atoms with Gasteiger partial charge >= 0.3 is 0 Å². The minimum absolute atomic E-state index is 0. The summed E-state index contributed by atoms with van der Waals surface area (Å²) < 4.78 is 5.52. The molecule has 1 aliphatic heterocycles. The molecule has 0 radical (unpaired) electrons. The molecule has 0 aromatic heterocycles. The van der Waals surface area contributed by atoms with E-state index in [1.807, 2.05) is 12.1 Å². The van der Waals surface area contributed by atoms with E-state index in [2.05, 4.69) is 11.4 Å². The van der Waals surface area contributed by atoms with Gasteiger partial charge in [0.05, 0.1) is 18.6 Å². The predicted octanol–water partition coefficient (Wildman–Crippen LogP) is 2.75. The predicted molar refractivity (Wildman–Crippen MR) is 85.5 cm³/mol. The summed E-state index contributed by atoms with van der Waals surface area (Å²) in [5, 5.41) is 3.16. The summed E-state index contributed by atoms with van der Waals surface area (Å²) in [5.41, 5.74) is 9.14. The molecule has 0 saturated carbocycles. The third-order valence-corrected chi connectivity index (χ3v) is 4.25. The molecule has 1 aliphatic carbocycles. The van der Waals surface area contributed by atoms with Gasteiger partial charge < -0.3 is 15.8 Å². The highest BCUT2D eigenvalue weighted by molar-refractivity contribution is 5.85. The van der Waals surface area contributed by atoms with Crippen molar-refractivity contribution in [2.45, 2.75) is 50.7 Å². The number of nitrogens with two attached hydrogens (primary N) is 1. The van der Waals surface area contributed by atoms with Crippen molar-refractivity contribution >= 4 is 24.0 Å². The molecule has 0 spiro atoms. The number of nitrogen functional groups attached to an aromatic ring is 1. The molecule has 1 heterocycles. The number of fused-ring (bicyclic) bond motifs is 1. The van der Waals surface area contributed by atoms with E-state index in [1.54, 1.807) is 0 Å². The standard InChI is InChI=1S/C16H22N2O2.ClH/c17-12-6-7-14-11(9-12)3-1-5-15(14)18-16(19)10-13-4-2-8-20-13;/h6-7,9,13,15H,1-5,8,10,17H2,(H,18,19);1H. The van der Waals surface area contributed by atoms with Crippen LogP contribution >= 0.6 is 12.4 Å². The number of anilines is 1. The van der Waals surface area contributed by atoms with Crippen LogP contribution in [0.2, 0.25) is 0 Å². The molecule has 21 heavy (non-hydrogen) atoms. The highest BCUT2D eigenvalue weighted by Gasteiger charge is 2.24. The van der Waals surface area contributed by atoms with Gasteiger partial charge in [0.2, 0.25) is 5.91 Å². The van der Waals surface area contributed by atoms with E-state index in [0.717, 1.165) is 44.4 Å². The molecule has 2 aliphatic rings. The Morgan fingerprint density at radius 3 is 2.95 bits per heavy atom. The molecule has 1 saturated heterocycles. The van der Waals surface area contributed by atoms with Gasteiger partial charge in [0, 0.05) is 12.3 Å². The van der Waals surface area contributed by atoms with E-state index < -0.39 is 0 Å². The van der Waals surface area contributed by atoms with Gasteiger partial charge in [-0.15, -0.1) is 12.4 Å². The summed E-state index contributed by atoms with van der Waals surface area (Å²) in [4.78, 5) is 12.1. The first-order valence-corrected chi connectivity index (χ1v) is 7.51. The molecular weight excluding hydrogens is 288 g/mol. The van der Waals surface area contributed by atoms with Crippen LogP contribution in [0.5, 0.6) is 0 Å². The highest BCUT2D eigenvalue weighted by atomic mass is 35.5. The van der Waals surface area contributed by atoms with Crippen molar-refractivity contribution < 1.29 is 9.53 Å². The lowest BCUT2D eigenvalue weighted by Crippen LogP contribution is -2.33. The third-order valence-electron chi connectivity index (χ3n) is 4.25. The maximum absolute atomic E-state index is 12.1. The fraction of sp³-hybridized carbons (Fsp3) is 0.562. The lowest BCUT2D eigenvalue weighted by Gasteiger charge is -2.27. The Hall–Kier alpha value is -1.26. The van der Waals surface area contributed by atoms with Crippen LogP contribution in [0.4, 0.5) is 5.69 Å². The second-order valence-corrected chi connectivity index (χ2v) is 5.81. The molecular formula is C16H23ClN2O2. The van der Waals surface area contributed by atoms with E-state index in [4.69, 9.17) is 10.5 Å². The van der Waals surface area contributed by atoms with Crippen LogP contribution in [0, 0.1) is 0 Å². The van der Waals surface area contributed by atoms with Crippen LogP contribution in [0.15, 0.2) is 18.2 Å². The van der Waals surface area contributed by atoms with Gasteiger partial charge in [-0.3, -0.25) is 4.79 Å². The third kappa shape index (κ3) is 3.89. The van der Waals surface area contributed by atoms with Crippen molar-refractivity contribution in [2.24, 2.45) is 0 Å². The summed E-state index contributed by atoms with van der Waals surface area (Å²) in [5.74, 6) is 0.103. The number of rotatable bonds is 3. The van der Waals surface area contributed by atoms with Crippen molar-refractivity contribution in [1.82, 2.24) is 5.32 Å². The van der Waals surface area contributed by atoms with Crippen LogP contribution in [0.1, 0.15) is 49.3 Å². The number of halogens is 1. The van der Waals surface area contributed by atoms with Gasteiger partial charge in [-0.05, 0) is 55.4 Å². The van der Waals surface area contributed by atoms with Gasteiger partial charge in [0.25, 0.3) is 0 Å². The Morgan fingerprint density at radius 2 is 2.19 bits per heavy atom. The second kappa shape index (κ2) is 7.14. The minimum Gasteiger partial charge on any atom is -0.399 e. The fourth-order valence-electron chi connectivity index (χ4n) is 3.25. The molecule has 5 heteroatoms. The van der Waals surface area contributed by atoms with Gasteiger partial charge in [-0.25, -0.2) is 0 Å². The average molecular weight is 311 g/mol. The largest absolute Gasteiger partial charge is 0.399 e. The molecule has 2 unspecified atom stereocenters. The maximum Gasteiger partial charge on any atom is 0.223 e. The molecule has 116 valence electrons. The lowest BCUT2D eigenvalue weighted by molar-refractivity contribution is -0.124. The molecule has 1 aromatic carbocycles. The molecule has 1 fully saturated rings. The molecule has 3 N–H and O–H groups in total. The Labute approximate surface area is 131 Å². The maximum atomic E-state index is 12.1. The zero-order chi connectivity index (χ0) is 13.9. The first-order valence-electron chi connectivity index (χ1n) is 7.51. The van der Waals surface area contributed by atoms with Crippen LogP contribution in [0.3, 0.4) is 0 Å². The first kappa shape index (κ1) is 16.1. The summed E-state index contributed by atoms with van der Waals surface area (Å²) in [6.07, 6.45) is 5.84. The summed E-state index contributed by atoms with van der Waals surface area (Å²) in [7, 11) is 0. The summed E-state index contributed by atoms with van der Waals surface area (Å²) in [6.45, 7) is 0.795. The molecule has 1 amide bonds. The SMILES string of the molecule is Cl.Nc1ccc2c(c1)CCCC2NC(=O)CC1CCCO1. The van der Waals surface area contributed by atoms with Gasteiger partial charge in [0.1, 0.15) is 0 Å². The number of carbonyl (C=O) groups is 1. The Balaban J connectivity index is 0.00000161. The van der Waals surface area contributed by atoms with E-state index in [9.17, 15) is 4.79 Å². The van der Waals surface area contributed by atoms with Crippen molar-refractivity contribution in [1.29, 1.82) is 0 Å². The Kier molecular flexibility index (Phi) is 5.48. The molecule has 0 bridgehead atoms. The van der Waals surface area contributed by atoms with Gasteiger partial charge in [0.15, 0.2) is 0 Å². The van der Waals surface area contributed by atoms with Gasteiger partial charge in [-0.2, -0.15) is 0 Å². The Bertz CT molecular complexity index is 501. The molecule has 3 rings (SSSR count). The van der Waals surface area contributed by atoms with Gasteiger partial charge in [-0.1, -0.05) is 6.07 Å². The van der Waals surface area contributed by atoms with Crippen molar-refractivity contribution in [2.75, 3.05) is 12.3 Å². The van der Waals surface area contributed by atoms with Crippen LogP contribution in [-0.2, 0) is 16.0 Å². The van der Waals surface area contributed by atoms with Crippen LogP contribution < -0.4 is 11.1 Å². The van der Waals surface area contributed by atoms with Crippen molar-refractivity contribution in [3.8, 4) is 0 Å². The van der Waals surface area contributed by atoms with Crippen LogP contribution in [0.25, 0.3) is 0 Å². The van der Waals surface area contributed by atoms with Crippen molar-refractivity contribution in [3.63, 3.8) is 0 Å². The second-order valence-electron chi connectivity index (χ2n) is 5.81. The minimum atomic E-state index is 0. The lowest BCUT2D eigenvalue weighted by atomic mass is 9.87. The smallest absolute Gasteiger partial charge is 0.223 e. The quantitative estimate of drug-likeness (QED) is 0.844. The van der Waals surface area contributed by atoms with E-state index in [1.165, 1.54) is 11.1 Å². The number of amides is 1. The summed E-state index contributed by atoms with van der Waals surface area (Å²) >= 11 is 0. The summed E-state index contributed by atoms with van der Waals surface area (Å²) in [6, 6.07) is 6.14. The molecule has 1 aromatic rings. The fourth-order valence-corrected chi connectivity index (χ4v) is 3.25. The molecule has 2 atom stereocenters. The van der Waals surface area contributed by atoms with E-state index in [0.29, 0.717) is 6.42 Å². The zero-order valence-corrected chi connectivity index (χ0v) is 13.0. The number of aryl methyl sites for hydroxylation is 1.